The summed E-state index contributed by atoms with van der Waals surface area (Å²) in [6.45, 7) is 2.10. The van der Waals surface area contributed by atoms with Crippen LogP contribution in [0, 0.1) is 0 Å². The van der Waals surface area contributed by atoms with Crippen molar-refractivity contribution in [3.63, 3.8) is 0 Å². The molecule has 1 aromatic heterocycles. The Morgan fingerprint density at radius 2 is 2.20 bits per heavy atom. The third kappa shape index (κ3) is 2.01. The zero-order valence-electron chi connectivity index (χ0n) is 8.95. The van der Waals surface area contributed by atoms with Gasteiger partial charge in [-0.05, 0) is 31.7 Å². The normalized spacial score (nSPS) is 13.9. The molecule has 1 aliphatic carbocycles. The summed E-state index contributed by atoms with van der Waals surface area (Å²) in [5, 5.41) is 0. The van der Waals surface area contributed by atoms with E-state index in [9.17, 15) is 9.59 Å². The molecule has 0 amide bonds. The molecule has 0 aliphatic heterocycles. The number of Topliss-reactive ketones (excluding diaryl/α,β-unsaturated/α-hetero) is 1. The fourth-order valence-electron chi connectivity index (χ4n) is 2.15. The van der Waals surface area contributed by atoms with Crippen LogP contribution in [0.15, 0.2) is 16.9 Å². The van der Waals surface area contributed by atoms with Crippen LogP contribution < -0.4 is 5.56 Å². The molecule has 15 heavy (non-hydrogen) atoms. The molecule has 1 heterocycles. The Hall–Kier alpha value is -1.38. The highest BCUT2D eigenvalue weighted by molar-refractivity contribution is 5.75. The Bertz CT molecular complexity index is 445. The fraction of sp³-hybridized carbons (Fsp3) is 0.500. The molecule has 3 nitrogen and oxygen atoms in total. The number of carbonyl (C=O) groups is 1. The Kier molecular flexibility index (Phi) is 2.71. The maximum absolute atomic E-state index is 11.6. The number of ketones is 1. The van der Waals surface area contributed by atoms with E-state index in [2.05, 4.69) is 0 Å². The van der Waals surface area contributed by atoms with Crippen molar-refractivity contribution in [1.29, 1.82) is 0 Å². The van der Waals surface area contributed by atoms with Crippen LogP contribution in [-0.4, -0.2) is 10.4 Å². The van der Waals surface area contributed by atoms with Crippen LogP contribution >= 0.6 is 0 Å². The lowest BCUT2D eigenvalue weighted by atomic mass is 10.2. The first-order chi connectivity index (χ1) is 7.18. The number of aryl methyl sites for hydroxylation is 1. The highest BCUT2D eigenvalue weighted by atomic mass is 16.1. The van der Waals surface area contributed by atoms with Crippen LogP contribution in [-0.2, 0) is 24.2 Å². The highest BCUT2D eigenvalue weighted by Gasteiger charge is 2.15. The molecule has 3 heteroatoms. The van der Waals surface area contributed by atoms with Crippen molar-refractivity contribution in [2.75, 3.05) is 0 Å². The number of hydrogen-bond donors (Lipinski definition) is 0. The van der Waals surface area contributed by atoms with Crippen LogP contribution in [0.3, 0.4) is 0 Å². The second kappa shape index (κ2) is 4.01. The SMILES string of the molecule is CC(=O)CCn1c2c(ccc1=O)CCC2. The monoisotopic (exact) mass is 205 g/mol. The summed E-state index contributed by atoms with van der Waals surface area (Å²) < 4.78 is 1.77. The first-order valence-electron chi connectivity index (χ1n) is 5.39. The molecule has 2 rings (SSSR count). The van der Waals surface area contributed by atoms with Gasteiger partial charge in [0.2, 0.25) is 0 Å². The largest absolute Gasteiger partial charge is 0.312 e. The number of rotatable bonds is 3. The molecule has 0 unspecified atom stereocenters. The lowest BCUT2D eigenvalue weighted by Gasteiger charge is -2.10. The number of hydrogen-bond acceptors (Lipinski definition) is 2. The van der Waals surface area contributed by atoms with Crippen molar-refractivity contribution in [2.24, 2.45) is 0 Å². The molecule has 1 aromatic rings. The number of pyridine rings is 1. The average molecular weight is 205 g/mol. The van der Waals surface area contributed by atoms with Crippen molar-refractivity contribution in [3.05, 3.63) is 33.7 Å². The molecule has 0 fully saturated rings. The van der Waals surface area contributed by atoms with Gasteiger partial charge >= 0.3 is 0 Å². The zero-order valence-corrected chi connectivity index (χ0v) is 8.95. The number of aromatic nitrogens is 1. The van der Waals surface area contributed by atoms with Gasteiger partial charge in [-0.3, -0.25) is 9.59 Å². The van der Waals surface area contributed by atoms with Gasteiger partial charge in [0.15, 0.2) is 0 Å². The van der Waals surface area contributed by atoms with E-state index in [4.69, 9.17) is 0 Å². The van der Waals surface area contributed by atoms with Crippen LogP contribution in [0.2, 0.25) is 0 Å². The topological polar surface area (TPSA) is 39.1 Å². The second-order valence-electron chi connectivity index (χ2n) is 4.10. The van der Waals surface area contributed by atoms with E-state index >= 15 is 0 Å². The molecule has 0 saturated carbocycles. The molecule has 0 atom stereocenters. The van der Waals surface area contributed by atoms with E-state index in [1.807, 2.05) is 6.07 Å². The number of nitrogens with zero attached hydrogens (tertiary/aromatic N) is 1. The van der Waals surface area contributed by atoms with Gasteiger partial charge in [0.25, 0.3) is 5.56 Å². The van der Waals surface area contributed by atoms with Crippen LogP contribution in [0.5, 0.6) is 0 Å². The maximum atomic E-state index is 11.6. The molecule has 1 aliphatic rings. The zero-order chi connectivity index (χ0) is 10.8. The third-order valence-electron chi connectivity index (χ3n) is 2.94. The Morgan fingerprint density at radius 1 is 1.40 bits per heavy atom. The quantitative estimate of drug-likeness (QED) is 0.746. The Morgan fingerprint density at radius 3 is 2.93 bits per heavy atom. The van der Waals surface area contributed by atoms with Crippen molar-refractivity contribution in [3.8, 4) is 0 Å². The van der Waals surface area contributed by atoms with E-state index in [0.29, 0.717) is 13.0 Å². The van der Waals surface area contributed by atoms with Gasteiger partial charge in [0.05, 0.1) is 0 Å². The fourth-order valence-corrected chi connectivity index (χ4v) is 2.15. The molecule has 0 saturated heterocycles. The summed E-state index contributed by atoms with van der Waals surface area (Å²) in [4.78, 5) is 22.6. The molecular formula is C12H15NO2. The molecule has 0 aromatic carbocycles. The standard InChI is InChI=1S/C12H15NO2/c1-9(14)7-8-13-11-4-2-3-10(11)5-6-12(13)15/h5-6H,2-4,7-8H2,1H3. The highest BCUT2D eigenvalue weighted by Crippen LogP contribution is 2.19. The molecule has 80 valence electrons. The van der Waals surface area contributed by atoms with E-state index in [1.54, 1.807) is 17.6 Å². The summed E-state index contributed by atoms with van der Waals surface area (Å²) in [5.41, 5.74) is 2.44. The third-order valence-corrected chi connectivity index (χ3v) is 2.94. The molecule has 0 bridgehead atoms. The predicted molar refractivity (Wildman–Crippen MR) is 58.0 cm³/mol. The minimum Gasteiger partial charge on any atom is -0.312 e. The predicted octanol–water partition coefficient (Wildman–Crippen LogP) is 1.32. The van der Waals surface area contributed by atoms with E-state index in [0.717, 1.165) is 25.0 Å². The lowest BCUT2D eigenvalue weighted by Crippen LogP contribution is -2.23. The van der Waals surface area contributed by atoms with Crippen LogP contribution in [0.1, 0.15) is 31.0 Å². The van der Waals surface area contributed by atoms with Gasteiger partial charge in [-0.1, -0.05) is 6.07 Å². The summed E-state index contributed by atoms with van der Waals surface area (Å²) in [7, 11) is 0. The molecular weight excluding hydrogens is 190 g/mol. The first kappa shape index (κ1) is 10.1. The van der Waals surface area contributed by atoms with Crippen molar-refractivity contribution in [2.45, 2.75) is 39.2 Å². The second-order valence-corrected chi connectivity index (χ2v) is 4.10. The molecule has 0 N–H and O–H groups in total. The smallest absolute Gasteiger partial charge is 0.250 e. The van der Waals surface area contributed by atoms with E-state index in [-0.39, 0.29) is 11.3 Å². The first-order valence-corrected chi connectivity index (χ1v) is 5.39. The van der Waals surface area contributed by atoms with Crippen LogP contribution in [0.25, 0.3) is 0 Å². The summed E-state index contributed by atoms with van der Waals surface area (Å²) in [5.74, 6) is 0.137. The number of carbonyl (C=O) groups excluding carboxylic acids is 1. The van der Waals surface area contributed by atoms with Crippen molar-refractivity contribution < 1.29 is 4.79 Å². The maximum Gasteiger partial charge on any atom is 0.250 e. The van der Waals surface area contributed by atoms with Gasteiger partial charge < -0.3 is 4.57 Å². The van der Waals surface area contributed by atoms with E-state index in [1.165, 1.54) is 5.56 Å². The van der Waals surface area contributed by atoms with Gasteiger partial charge in [0.1, 0.15) is 5.78 Å². The number of fused-ring (bicyclic) bond motifs is 1. The lowest BCUT2D eigenvalue weighted by molar-refractivity contribution is -0.117. The van der Waals surface area contributed by atoms with Gasteiger partial charge in [-0.15, -0.1) is 0 Å². The summed E-state index contributed by atoms with van der Waals surface area (Å²) in [6, 6.07) is 3.54. The van der Waals surface area contributed by atoms with Gasteiger partial charge in [0, 0.05) is 24.7 Å². The molecule has 0 spiro atoms. The van der Waals surface area contributed by atoms with E-state index < -0.39 is 0 Å². The minimum absolute atomic E-state index is 0.0249. The van der Waals surface area contributed by atoms with Crippen LogP contribution in [0.4, 0.5) is 0 Å². The average Bonchev–Trinajstić information content (AvgIpc) is 2.63. The Balaban J connectivity index is 2.33. The van der Waals surface area contributed by atoms with Crippen molar-refractivity contribution >= 4 is 5.78 Å². The van der Waals surface area contributed by atoms with Gasteiger partial charge in [-0.2, -0.15) is 0 Å². The van der Waals surface area contributed by atoms with Gasteiger partial charge in [-0.25, -0.2) is 0 Å². The minimum atomic E-state index is 0.0249. The summed E-state index contributed by atoms with van der Waals surface area (Å²) in [6.07, 6.45) is 3.62. The molecule has 0 radical (unpaired) electrons. The Labute approximate surface area is 88.7 Å². The summed E-state index contributed by atoms with van der Waals surface area (Å²) >= 11 is 0. The van der Waals surface area contributed by atoms with Crippen molar-refractivity contribution in [1.82, 2.24) is 4.57 Å².